The minimum absolute atomic E-state index is 0.590. The van der Waals surface area contributed by atoms with Gasteiger partial charge in [-0.1, -0.05) is 37.3 Å². The number of likely N-dealkylation sites (N-methyl/N-ethyl adjacent to an activating group) is 1. The number of hydrogen-bond donors (Lipinski definition) is 0. The van der Waals surface area contributed by atoms with Gasteiger partial charge in [-0.3, -0.25) is 0 Å². The molecule has 2 aromatic rings. The molecule has 0 spiro atoms. The van der Waals surface area contributed by atoms with E-state index in [0.29, 0.717) is 6.61 Å². The fourth-order valence-electron chi connectivity index (χ4n) is 3.18. The summed E-state index contributed by atoms with van der Waals surface area (Å²) >= 11 is 0. The summed E-state index contributed by atoms with van der Waals surface area (Å²) in [7, 11) is 0. The number of hydrogen-bond acceptors (Lipinski definition) is 4. The fraction of sp³-hybridized carbons (Fsp3) is 0.455. The minimum atomic E-state index is 0.590. The molecule has 1 aliphatic rings. The molecule has 2 aromatic carbocycles. The summed E-state index contributed by atoms with van der Waals surface area (Å²) in [6.07, 6.45) is 1.07. The highest BCUT2D eigenvalue weighted by Gasteiger charge is 2.14. The van der Waals surface area contributed by atoms with E-state index in [0.717, 1.165) is 31.1 Å². The largest absolute Gasteiger partial charge is 0.494 e. The van der Waals surface area contributed by atoms with Crippen LogP contribution >= 0.6 is 0 Å². The maximum absolute atomic E-state index is 5.86. The van der Waals surface area contributed by atoms with Crippen LogP contribution in [0, 0.1) is 0 Å². The second-order valence-electron chi connectivity index (χ2n) is 6.72. The van der Waals surface area contributed by atoms with E-state index in [1.807, 2.05) is 42.5 Å². The quantitative estimate of drug-likeness (QED) is 0.642. The van der Waals surface area contributed by atoms with E-state index in [4.69, 9.17) is 9.47 Å². The van der Waals surface area contributed by atoms with Crippen molar-refractivity contribution in [3.05, 3.63) is 60.2 Å². The summed E-state index contributed by atoms with van der Waals surface area (Å²) in [5.74, 6) is 1.78. The lowest BCUT2D eigenvalue weighted by Gasteiger charge is -2.33. The molecule has 0 saturated carbocycles. The highest BCUT2D eigenvalue weighted by atomic mass is 16.5. The van der Waals surface area contributed by atoms with Crippen LogP contribution in [0.4, 0.5) is 0 Å². The first-order chi connectivity index (χ1) is 12.8. The second-order valence-corrected chi connectivity index (χ2v) is 6.72. The molecule has 0 amide bonds. The van der Waals surface area contributed by atoms with Crippen LogP contribution in [-0.4, -0.2) is 55.7 Å². The Hall–Kier alpha value is -2.04. The predicted octanol–water partition coefficient (Wildman–Crippen LogP) is 3.67. The third kappa shape index (κ3) is 6.04. The molecule has 4 nitrogen and oxygen atoms in total. The smallest absolute Gasteiger partial charge is 0.120 e. The van der Waals surface area contributed by atoms with E-state index < -0.39 is 0 Å². The number of piperazine rings is 1. The van der Waals surface area contributed by atoms with Crippen molar-refractivity contribution in [2.45, 2.75) is 20.0 Å². The van der Waals surface area contributed by atoms with Crippen molar-refractivity contribution in [3.63, 3.8) is 0 Å². The normalized spacial score (nSPS) is 15.7. The van der Waals surface area contributed by atoms with Crippen LogP contribution in [0.3, 0.4) is 0 Å². The van der Waals surface area contributed by atoms with Crippen LogP contribution in [0.1, 0.15) is 18.9 Å². The second kappa shape index (κ2) is 10.2. The van der Waals surface area contributed by atoms with Crippen LogP contribution < -0.4 is 9.47 Å². The van der Waals surface area contributed by atoms with Crippen molar-refractivity contribution in [2.24, 2.45) is 0 Å². The van der Waals surface area contributed by atoms with E-state index in [1.54, 1.807) is 0 Å². The van der Waals surface area contributed by atoms with Gasteiger partial charge < -0.3 is 19.3 Å². The van der Waals surface area contributed by atoms with Crippen LogP contribution in [0.5, 0.6) is 11.5 Å². The Labute approximate surface area is 157 Å². The molecule has 26 heavy (non-hydrogen) atoms. The lowest BCUT2D eigenvalue weighted by atomic mass is 10.2. The van der Waals surface area contributed by atoms with E-state index in [9.17, 15) is 0 Å². The Balaban J connectivity index is 1.32. The first kappa shape index (κ1) is 18.7. The summed E-state index contributed by atoms with van der Waals surface area (Å²) < 4.78 is 11.7. The van der Waals surface area contributed by atoms with Gasteiger partial charge in [0.15, 0.2) is 0 Å². The molecule has 1 aliphatic heterocycles. The molecule has 0 radical (unpaired) electrons. The van der Waals surface area contributed by atoms with Gasteiger partial charge in [-0.25, -0.2) is 0 Å². The van der Waals surface area contributed by atoms with Gasteiger partial charge in [0.2, 0.25) is 0 Å². The van der Waals surface area contributed by atoms with Crippen molar-refractivity contribution in [1.82, 2.24) is 9.80 Å². The Kier molecular flexibility index (Phi) is 7.35. The average Bonchev–Trinajstić information content (AvgIpc) is 2.72. The van der Waals surface area contributed by atoms with Gasteiger partial charge >= 0.3 is 0 Å². The number of ether oxygens (including phenoxy) is 2. The van der Waals surface area contributed by atoms with Gasteiger partial charge in [0, 0.05) is 32.7 Å². The van der Waals surface area contributed by atoms with Crippen LogP contribution in [0.2, 0.25) is 0 Å². The Morgan fingerprint density at radius 3 is 2.04 bits per heavy atom. The molecule has 4 heteroatoms. The van der Waals surface area contributed by atoms with Crippen LogP contribution in [-0.2, 0) is 6.61 Å². The molecule has 1 fully saturated rings. The maximum Gasteiger partial charge on any atom is 0.120 e. The molecule has 1 saturated heterocycles. The topological polar surface area (TPSA) is 24.9 Å². The van der Waals surface area contributed by atoms with Gasteiger partial charge in [-0.15, -0.1) is 0 Å². The lowest BCUT2D eigenvalue weighted by molar-refractivity contribution is 0.130. The molecule has 0 unspecified atom stereocenters. The van der Waals surface area contributed by atoms with Gasteiger partial charge in [-0.05, 0) is 42.8 Å². The van der Waals surface area contributed by atoms with Crippen LogP contribution in [0.25, 0.3) is 0 Å². The summed E-state index contributed by atoms with van der Waals surface area (Å²) in [6, 6.07) is 18.1. The molecule has 1 heterocycles. The minimum Gasteiger partial charge on any atom is -0.494 e. The molecule has 140 valence electrons. The van der Waals surface area contributed by atoms with E-state index >= 15 is 0 Å². The number of rotatable bonds is 9. The first-order valence-electron chi connectivity index (χ1n) is 9.68. The predicted molar refractivity (Wildman–Crippen MR) is 106 cm³/mol. The Bertz CT molecular complexity index is 622. The zero-order valence-corrected chi connectivity index (χ0v) is 15.8. The molecular weight excluding hydrogens is 324 g/mol. The highest BCUT2D eigenvalue weighted by molar-refractivity contribution is 5.31. The molecular formula is C22H30N2O2. The molecule has 3 rings (SSSR count). The van der Waals surface area contributed by atoms with Gasteiger partial charge in [0.1, 0.15) is 18.1 Å². The molecule has 0 aliphatic carbocycles. The van der Waals surface area contributed by atoms with Crippen molar-refractivity contribution in [1.29, 1.82) is 0 Å². The SMILES string of the molecule is CCN1CCN(CCCOc2ccc(OCc3ccccc3)cc2)CC1. The van der Waals surface area contributed by atoms with Gasteiger partial charge in [0.25, 0.3) is 0 Å². The first-order valence-corrected chi connectivity index (χ1v) is 9.68. The number of benzene rings is 2. The Morgan fingerprint density at radius 2 is 1.38 bits per heavy atom. The fourth-order valence-corrected chi connectivity index (χ4v) is 3.18. The van der Waals surface area contributed by atoms with Crippen molar-refractivity contribution in [2.75, 3.05) is 45.9 Å². The summed E-state index contributed by atoms with van der Waals surface area (Å²) in [5, 5.41) is 0. The van der Waals surface area contributed by atoms with E-state index in [1.165, 1.54) is 38.3 Å². The standard InChI is InChI=1S/C22H30N2O2/c1-2-23-14-16-24(17-15-23)13-6-18-25-21-9-11-22(12-10-21)26-19-20-7-4-3-5-8-20/h3-5,7-12H,2,6,13-19H2,1H3. The van der Waals surface area contributed by atoms with Gasteiger partial charge in [0.05, 0.1) is 6.61 Å². The van der Waals surface area contributed by atoms with Crippen LogP contribution in [0.15, 0.2) is 54.6 Å². The zero-order chi connectivity index (χ0) is 18.0. The van der Waals surface area contributed by atoms with Crippen molar-refractivity contribution in [3.8, 4) is 11.5 Å². The molecule has 0 atom stereocenters. The monoisotopic (exact) mass is 354 g/mol. The van der Waals surface area contributed by atoms with Crippen molar-refractivity contribution >= 4 is 0 Å². The third-order valence-electron chi connectivity index (χ3n) is 4.87. The van der Waals surface area contributed by atoms with E-state index in [2.05, 4.69) is 28.9 Å². The van der Waals surface area contributed by atoms with Crippen molar-refractivity contribution < 1.29 is 9.47 Å². The zero-order valence-electron chi connectivity index (χ0n) is 15.8. The summed E-state index contributed by atoms with van der Waals surface area (Å²) in [4.78, 5) is 5.05. The molecule has 0 aromatic heterocycles. The maximum atomic E-state index is 5.86. The summed E-state index contributed by atoms with van der Waals surface area (Å²) in [6.45, 7) is 10.6. The number of nitrogens with zero attached hydrogens (tertiary/aromatic N) is 2. The third-order valence-corrected chi connectivity index (χ3v) is 4.87. The lowest BCUT2D eigenvalue weighted by Crippen LogP contribution is -2.46. The van der Waals surface area contributed by atoms with E-state index in [-0.39, 0.29) is 0 Å². The molecule has 0 bridgehead atoms. The average molecular weight is 354 g/mol. The highest BCUT2D eigenvalue weighted by Crippen LogP contribution is 2.19. The molecule has 0 N–H and O–H groups in total. The Morgan fingerprint density at radius 1 is 0.769 bits per heavy atom. The summed E-state index contributed by atoms with van der Waals surface area (Å²) in [5.41, 5.74) is 1.17. The van der Waals surface area contributed by atoms with Gasteiger partial charge in [-0.2, -0.15) is 0 Å².